The van der Waals surface area contributed by atoms with Gasteiger partial charge in [-0.3, -0.25) is 9.59 Å². The Hall–Kier alpha value is -2.83. The van der Waals surface area contributed by atoms with Crippen molar-refractivity contribution < 1.29 is 14.0 Å². The van der Waals surface area contributed by atoms with Crippen LogP contribution in [0.25, 0.3) is 0 Å². The SMILES string of the molecule is CCNC(=O)Cc1c(C)nc([C@@H]2CCCN(C(=O)c3cccc(F)c3)C2)nc1C. The third-order valence-corrected chi connectivity index (χ3v) is 5.29. The summed E-state index contributed by atoms with van der Waals surface area (Å²) in [5.41, 5.74) is 2.80. The van der Waals surface area contributed by atoms with E-state index < -0.39 is 5.82 Å². The summed E-state index contributed by atoms with van der Waals surface area (Å²) in [4.78, 5) is 35.8. The van der Waals surface area contributed by atoms with E-state index in [0.717, 1.165) is 29.8 Å². The van der Waals surface area contributed by atoms with Gasteiger partial charge in [-0.15, -0.1) is 0 Å². The number of rotatable bonds is 5. The van der Waals surface area contributed by atoms with Crippen molar-refractivity contribution in [3.63, 3.8) is 0 Å². The molecule has 29 heavy (non-hydrogen) atoms. The molecule has 3 rings (SSSR count). The van der Waals surface area contributed by atoms with E-state index in [1.165, 1.54) is 12.1 Å². The third kappa shape index (κ3) is 4.96. The molecular formula is C22H27FN4O2. The maximum atomic E-state index is 13.5. The second-order valence-corrected chi connectivity index (χ2v) is 7.46. The van der Waals surface area contributed by atoms with E-state index >= 15 is 0 Å². The van der Waals surface area contributed by atoms with Gasteiger partial charge < -0.3 is 10.2 Å². The van der Waals surface area contributed by atoms with E-state index in [1.807, 2.05) is 20.8 Å². The van der Waals surface area contributed by atoms with Gasteiger partial charge in [0.2, 0.25) is 5.91 Å². The molecule has 1 aromatic carbocycles. The number of benzene rings is 1. The molecule has 0 saturated carbocycles. The summed E-state index contributed by atoms with van der Waals surface area (Å²) in [6.07, 6.45) is 2.00. The summed E-state index contributed by atoms with van der Waals surface area (Å²) in [5.74, 6) is 0.102. The molecule has 1 atom stereocenters. The molecule has 154 valence electrons. The predicted molar refractivity (Wildman–Crippen MR) is 108 cm³/mol. The average molecular weight is 398 g/mol. The first-order valence-electron chi connectivity index (χ1n) is 10.0. The van der Waals surface area contributed by atoms with Crippen molar-refractivity contribution in [3.05, 3.63) is 58.4 Å². The minimum atomic E-state index is -0.415. The van der Waals surface area contributed by atoms with Crippen LogP contribution in [-0.2, 0) is 11.2 Å². The molecule has 0 spiro atoms. The second kappa shape index (κ2) is 9.11. The number of aryl methyl sites for hydroxylation is 2. The highest BCUT2D eigenvalue weighted by Gasteiger charge is 2.28. The molecule has 2 heterocycles. The van der Waals surface area contributed by atoms with Crippen LogP contribution in [0.2, 0.25) is 0 Å². The standard InChI is InChI=1S/C22H27FN4O2/c1-4-24-20(28)12-19-14(2)25-21(26-15(19)3)17-8-6-10-27(13-17)22(29)16-7-5-9-18(23)11-16/h5,7,9,11,17H,4,6,8,10,12-13H2,1-3H3,(H,24,28)/t17-/m1/s1. The van der Waals surface area contributed by atoms with E-state index in [9.17, 15) is 14.0 Å². The zero-order valence-corrected chi connectivity index (χ0v) is 17.2. The van der Waals surface area contributed by atoms with Gasteiger partial charge in [-0.1, -0.05) is 6.07 Å². The van der Waals surface area contributed by atoms with Crippen molar-refractivity contribution in [2.24, 2.45) is 0 Å². The lowest BCUT2D eigenvalue weighted by molar-refractivity contribution is -0.120. The molecule has 0 bridgehead atoms. The molecule has 2 aromatic rings. The van der Waals surface area contributed by atoms with Gasteiger partial charge in [-0.25, -0.2) is 14.4 Å². The van der Waals surface area contributed by atoms with Gasteiger partial charge in [-0.2, -0.15) is 0 Å². The molecule has 1 aliphatic rings. The summed E-state index contributed by atoms with van der Waals surface area (Å²) < 4.78 is 13.5. The van der Waals surface area contributed by atoms with E-state index in [4.69, 9.17) is 0 Å². The number of halogens is 1. The fraction of sp³-hybridized carbons (Fsp3) is 0.455. The number of likely N-dealkylation sites (tertiary alicyclic amines) is 1. The Balaban J connectivity index is 1.76. The Kier molecular flexibility index (Phi) is 6.56. The molecule has 0 aliphatic carbocycles. The summed E-state index contributed by atoms with van der Waals surface area (Å²) >= 11 is 0. The van der Waals surface area contributed by atoms with E-state index in [1.54, 1.807) is 17.0 Å². The summed E-state index contributed by atoms with van der Waals surface area (Å²) in [6, 6.07) is 5.79. The van der Waals surface area contributed by atoms with Crippen LogP contribution in [0.1, 0.15) is 58.8 Å². The highest BCUT2D eigenvalue weighted by Crippen LogP contribution is 2.27. The molecule has 1 fully saturated rings. The number of likely N-dealkylation sites (N-methyl/N-ethyl adjacent to an activating group) is 1. The predicted octanol–water partition coefficient (Wildman–Crippen LogP) is 2.93. The number of nitrogens with zero attached hydrogens (tertiary/aromatic N) is 3. The number of aromatic nitrogens is 2. The number of amides is 2. The fourth-order valence-electron chi connectivity index (χ4n) is 3.80. The van der Waals surface area contributed by atoms with Crippen molar-refractivity contribution >= 4 is 11.8 Å². The number of piperidine rings is 1. The fourth-order valence-corrected chi connectivity index (χ4v) is 3.80. The first-order valence-corrected chi connectivity index (χ1v) is 10.0. The smallest absolute Gasteiger partial charge is 0.253 e. The molecule has 1 N–H and O–H groups in total. The molecule has 1 aromatic heterocycles. The Morgan fingerprint density at radius 3 is 2.62 bits per heavy atom. The minimum Gasteiger partial charge on any atom is -0.356 e. The first-order chi connectivity index (χ1) is 13.9. The maximum Gasteiger partial charge on any atom is 0.253 e. The zero-order chi connectivity index (χ0) is 21.0. The topological polar surface area (TPSA) is 75.2 Å². The molecule has 0 radical (unpaired) electrons. The van der Waals surface area contributed by atoms with E-state index in [2.05, 4.69) is 15.3 Å². The largest absolute Gasteiger partial charge is 0.356 e. The molecular weight excluding hydrogens is 371 g/mol. The van der Waals surface area contributed by atoms with Gasteiger partial charge >= 0.3 is 0 Å². The Bertz CT molecular complexity index is 892. The molecule has 1 aliphatic heterocycles. The van der Waals surface area contributed by atoms with Crippen LogP contribution in [0, 0.1) is 19.7 Å². The molecule has 7 heteroatoms. The molecule has 0 unspecified atom stereocenters. The van der Waals surface area contributed by atoms with Crippen LogP contribution in [0.15, 0.2) is 24.3 Å². The molecule has 1 saturated heterocycles. The van der Waals surface area contributed by atoms with Gasteiger partial charge in [0.15, 0.2) is 0 Å². The van der Waals surface area contributed by atoms with Crippen LogP contribution in [-0.4, -0.2) is 46.3 Å². The lowest BCUT2D eigenvalue weighted by atomic mass is 9.95. The molecule has 6 nitrogen and oxygen atoms in total. The normalized spacial score (nSPS) is 16.6. The number of carbonyl (C=O) groups is 2. The maximum absolute atomic E-state index is 13.5. The Morgan fingerprint density at radius 2 is 1.97 bits per heavy atom. The number of nitrogens with one attached hydrogen (secondary N) is 1. The monoisotopic (exact) mass is 398 g/mol. The zero-order valence-electron chi connectivity index (χ0n) is 17.2. The number of carbonyl (C=O) groups excluding carboxylic acids is 2. The third-order valence-electron chi connectivity index (χ3n) is 5.29. The van der Waals surface area contributed by atoms with Crippen molar-refractivity contribution in [2.45, 2.75) is 46.0 Å². The van der Waals surface area contributed by atoms with Crippen LogP contribution in [0.4, 0.5) is 4.39 Å². The minimum absolute atomic E-state index is 0.0252. The Morgan fingerprint density at radius 1 is 1.24 bits per heavy atom. The van der Waals surface area contributed by atoms with Gasteiger partial charge in [0.05, 0.1) is 6.42 Å². The number of hydrogen-bond acceptors (Lipinski definition) is 4. The van der Waals surface area contributed by atoms with Gasteiger partial charge in [0.25, 0.3) is 5.91 Å². The summed E-state index contributed by atoms with van der Waals surface area (Å²) in [6.45, 7) is 7.41. The van der Waals surface area contributed by atoms with E-state index in [0.29, 0.717) is 31.0 Å². The molecule has 2 amide bonds. The number of hydrogen-bond donors (Lipinski definition) is 1. The van der Waals surface area contributed by atoms with Crippen molar-refractivity contribution in [1.82, 2.24) is 20.2 Å². The van der Waals surface area contributed by atoms with Crippen LogP contribution < -0.4 is 5.32 Å². The van der Waals surface area contributed by atoms with Crippen molar-refractivity contribution in [1.29, 1.82) is 0 Å². The van der Waals surface area contributed by atoms with Crippen LogP contribution in [0.5, 0.6) is 0 Å². The van der Waals surface area contributed by atoms with Crippen molar-refractivity contribution in [2.75, 3.05) is 19.6 Å². The van der Waals surface area contributed by atoms with Crippen LogP contribution in [0.3, 0.4) is 0 Å². The quantitative estimate of drug-likeness (QED) is 0.840. The first kappa shape index (κ1) is 20.9. The lowest BCUT2D eigenvalue weighted by Gasteiger charge is -2.32. The average Bonchev–Trinajstić information content (AvgIpc) is 2.70. The summed E-state index contributed by atoms with van der Waals surface area (Å²) in [7, 11) is 0. The van der Waals surface area contributed by atoms with Gasteiger partial charge in [0, 0.05) is 48.1 Å². The van der Waals surface area contributed by atoms with Crippen LogP contribution >= 0.6 is 0 Å². The van der Waals surface area contributed by atoms with Crippen molar-refractivity contribution in [3.8, 4) is 0 Å². The second-order valence-electron chi connectivity index (χ2n) is 7.46. The van der Waals surface area contributed by atoms with Gasteiger partial charge in [0.1, 0.15) is 11.6 Å². The lowest BCUT2D eigenvalue weighted by Crippen LogP contribution is -2.39. The van der Waals surface area contributed by atoms with Gasteiger partial charge in [-0.05, 0) is 51.8 Å². The Labute approximate surface area is 170 Å². The highest BCUT2D eigenvalue weighted by molar-refractivity contribution is 5.94. The summed E-state index contributed by atoms with van der Waals surface area (Å²) in [5, 5.41) is 2.80. The highest BCUT2D eigenvalue weighted by atomic mass is 19.1. The van der Waals surface area contributed by atoms with E-state index in [-0.39, 0.29) is 24.2 Å².